The van der Waals surface area contributed by atoms with Gasteiger partial charge in [0.05, 0.1) is 7.11 Å². The average Bonchev–Trinajstić information content (AvgIpc) is 2.31. The van der Waals surface area contributed by atoms with Crippen LogP contribution in [0.1, 0.15) is 5.56 Å². The molecule has 84 valence electrons. The van der Waals surface area contributed by atoms with Crippen LogP contribution in [0.15, 0.2) is 18.2 Å². The molecule has 1 unspecified atom stereocenters. The van der Waals surface area contributed by atoms with Crippen molar-refractivity contribution < 1.29 is 9.47 Å². The Morgan fingerprint density at radius 1 is 1.47 bits per heavy atom. The number of halogens is 2. The number of methoxy groups -OCH3 is 1. The zero-order valence-corrected chi connectivity index (χ0v) is 12.7. The van der Waals surface area contributed by atoms with Crippen molar-refractivity contribution in [3.8, 4) is 11.5 Å². The summed E-state index contributed by atoms with van der Waals surface area (Å²) >= 11 is 4.24. The van der Waals surface area contributed by atoms with E-state index in [0.717, 1.165) is 23.5 Å². The molecule has 0 amide bonds. The van der Waals surface area contributed by atoms with Crippen molar-refractivity contribution >= 4 is 37.2 Å². The highest BCUT2D eigenvalue weighted by Gasteiger charge is 2.19. The van der Waals surface area contributed by atoms with E-state index in [4.69, 9.17) is 15.2 Å². The average molecular weight is 433 g/mol. The molecule has 0 radical (unpaired) electrons. The molecule has 1 aromatic rings. The van der Waals surface area contributed by atoms with E-state index in [2.05, 4.69) is 37.2 Å². The van der Waals surface area contributed by atoms with E-state index in [9.17, 15) is 0 Å². The largest absolute Gasteiger partial charge is 0.496 e. The van der Waals surface area contributed by atoms with Gasteiger partial charge in [-0.25, -0.2) is 0 Å². The minimum Gasteiger partial charge on any atom is -0.496 e. The molecule has 0 aliphatic carbocycles. The fourth-order valence-electron chi connectivity index (χ4n) is 1.59. The molecule has 1 aliphatic rings. The predicted molar refractivity (Wildman–Crippen MR) is 78.2 cm³/mol. The molecule has 0 saturated heterocycles. The molecule has 1 heterocycles. The molecule has 3 nitrogen and oxygen atoms in total. The first-order valence-electron chi connectivity index (χ1n) is 4.50. The maximum Gasteiger partial charge on any atom is 0.126 e. The van der Waals surface area contributed by atoms with Gasteiger partial charge in [0, 0.05) is 48.8 Å². The van der Waals surface area contributed by atoms with Crippen molar-refractivity contribution in [1.82, 2.24) is 0 Å². The highest BCUT2D eigenvalue weighted by atomic mass is 128. The van der Waals surface area contributed by atoms with Crippen molar-refractivity contribution in [1.29, 1.82) is 0 Å². The van der Waals surface area contributed by atoms with Gasteiger partial charge < -0.3 is 15.2 Å². The highest BCUT2D eigenvalue weighted by Crippen LogP contribution is 2.31. The van der Waals surface area contributed by atoms with Crippen molar-refractivity contribution in [2.45, 2.75) is 12.5 Å². The molecular formula is C10H13I2NO2. The van der Waals surface area contributed by atoms with Gasteiger partial charge in [-0.15, -0.1) is 0 Å². The summed E-state index contributed by atoms with van der Waals surface area (Å²) in [6, 6.07) is 5.89. The number of ether oxygens (including phenoxy) is 2. The Bertz CT molecular complexity index is 306. The second-order valence-electron chi connectivity index (χ2n) is 3.21. The van der Waals surface area contributed by atoms with Gasteiger partial charge in [0.15, 0.2) is 0 Å². The van der Waals surface area contributed by atoms with Crippen LogP contribution in [0.3, 0.4) is 0 Å². The molecule has 2 N–H and O–H groups in total. The molecule has 15 heavy (non-hydrogen) atoms. The van der Waals surface area contributed by atoms with Crippen LogP contribution in [0.2, 0.25) is 0 Å². The lowest BCUT2D eigenvalue weighted by atomic mass is 10.0. The molecular weight excluding hydrogens is 420 g/mol. The lowest BCUT2D eigenvalue weighted by molar-refractivity contribution is 0.258. The summed E-state index contributed by atoms with van der Waals surface area (Å²) < 4.78 is 10.7. The number of nitrogens with two attached hydrogens (primary N) is 1. The van der Waals surface area contributed by atoms with Crippen molar-refractivity contribution in [2.24, 2.45) is 5.73 Å². The van der Waals surface area contributed by atoms with Gasteiger partial charge in [-0.3, -0.25) is 0 Å². The van der Waals surface area contributed by atoms with Crippen LogP contribution in [-0.4, -0.2) is 19.8 Å². The topological polar surface area (TPSA) is 44.5 Å². The first kappa shape index (κ1) is 13.3. The smallest absolute Gasteiger partial charge is 0.126 e. The molecule has 0 spiro atoms. The van der Waals surface area contributed by atoms with Crippen molar-refractivity contribution in [3.63, 3.8) is 0 Å². The SMILES string of the molecule is COc1cccc2c1CC(N)CO2.II. The van der Waals surface area contributed by atoms with E-state index in [1.807, 2.05) is 18.2 Å². The Morgan fingerprint density at radius 2 is 2.20 bits per heavy atom. The van der Waals surface area contributed by atoms with Gasteiger partial charge in [-0.05, 0) is 18.6 Å². The van der Waals surface area contributed by atoms with Gasteiger partial charge >= 0.3 is 0 Å². The molecule has 0 bridgehead atoms. The molecule has 0 fully saturated rings. The van der Waals surface area contributed by atoms with Crippen molar-refractivity contribution in [3.05, 3.63) is 23.8 Å². The summed E-state index contributed by atoms with van der Waals surface area (Å²) in [5, 5.41) is 0. The Morgan fingerprint density at radius 3 is 2.87 bits per heavy atom. The lowest BCUT2D eigenvalue weighted by Crippen LogP contribution is -2.33. The quantitative estimate of drug-likeness (QED) is 0.694. The maximum absolute atomic E-state index is 5.79. The Hall–Kier alpha value is 0.240. The van der Waals surface area contributed by atoms with Crippen LogP contribution >= 0.6 is 37.2 Å². The summed E-state index contributed by atoms with van der Waals surface area (Å²) in [6.45, 7) is 0.597. The van der Waals surface area contributed by atoms with E-state index in [1.165, 1.54) is 0 Å². The standard InChI is InChI=1S/C10H13NO2.I2/c1-12-9-3-2-4-10-8(9)5-7(11)6-13-10;1-2/h2-4,7H,5-6,11H2,1H3;. The van der Waals surface area contributed by atoms with E-state index >= 15 is 0 Å². The van der Waals surface area contributed by atoms with Gasteiger partial charge in [0.25, 0.3) is 0 Å². The maximum atomic E-state index is 5.79. The van der Waals surface area contributed by atoms with Gasteiger partial charge in [-0.1, -0.05) is 6.07 Å². The summed E-state index contributed by atoms with van der Waals surface area (Å²) in [4.78, 5) is 0. The summed E-state index contributed by atoms with van der Waals surface area (Å²) in [6.07, 6.45) is 0.833. The molecule has 0 aromatic heterocycles. The minimum absolute atomic E-state index is 0.0869. The number of hydrogen-bond donors (Lipinski definition) is 1. The van der Waals surface area contributed by atoms with Crippen molar-refractivity contribution in [2.75, 3.05) is 13.7 Å². The molecule has 1 aliphatic heterocycles. The Kier molecular flexibility index (Phi) is 5.98. The van der Waals surface area contributed by atoms with E-state index < -0.39 is 0 Å². The highest BCUT2D eigenvalue weighted by molar-refractivity contribution is 15.0. The van der Waals surface area contributed by atoms with Crippen LogP contribution in [-0.2, 0) is 6.42 Å². The van der Waals surface area contributed by atoms with Crippen LogP contribution in [0.4, 0.5) is 0 Å². The summed E-state index contributed by atoms with van der Waals surface area (Å²) in [5.74, 6) is 1.77. The summed E-state index contributed by atoms with van der Waals surface area (Å²) in [5.41, 5.74) is 6.88. The van der Waals surface area contributed by atoms with E-state index in [0.29, 0.717) is 6.61 Å². The third-order valence-electron chi connectivity index (χ3n) is 2.23. The fourth-order valence-corrected chi connectivity index (χ4v) is 1.59. The Labute approximate surface area is 113 Å². The predicted octanol–water partition coefficient (Wildman–Crippen LogP) is 2.73. The second kappa shape index (κ2) is 6.74. The first-order chi connectivity index (χ1) is 7.31. The third-order valence-corrected chi connectivity index (χ3v) is 2.23. The zero-order valence-electron chi connectivity index (χ0n) is 8.37. The monoisotopic (exact) mass is 433 g/mol. The minimum atomic E-state index is 0.0869. The number of benzene rings is 1. The summed E-state index contributed by atoms with van der Waals surface area (Å²) in [7, 11) is 1.66. The normalized spacial score (nSPS) is 18.0. The van der Waals surface area contributed by atoms with Gasteiger partial charge in [0.2, 0.25) is 0 Å². The van der Waals surface area contributed by atoms with E-state index in [1.54, 1.807) is 7.11 Å². The number of rotatable bonds is 1. The first-order valence-corrected chi connectivity index (χ1v) is 10.8. The van der Waals surface area contributed by atoms with Gasteiger partial charge in [0.1, 0.15) is 18.1 Å². The van der Waals surface area contributed by atoms with Crippen LogP contribution in [0, 0.1) is 0 Å². The molecule has 0 saturated carbocycles. The van der Waals surface area contributed by atoms with Crippen LogP contribution in [0.25, 0.3) is 0 Å². The van der Waals surface area contributed by atoms with E-state index in [-0.39, 0.29) is 6.04 Å². The molecule has 1 aromatic carbocycles. The van der Waals surface area contributed by atoms with Gasteiger partial charge in [-0.2, -0.15) is 0 Å². The molecule has 1 atom stereocenters. The number of fused-ring (bicyclic) bond motifs is 1. The zero-order chi connectivity index (χ0) is 11.3. The second-order valence-corrected chi connectivity index (χ2v) is 3.21. The Balaban J connectivity index is 0.000000531. The van der Waals surface area contributed by atoms with Crippen LogP contribution in [0.5, 0.6) is 11.5 Å². The third kappa shape index (κ3) is 3.35. The molecule has 5 heteroatoms. The molecule has 2 rings (SSSR count). The number of hydrogen-bond acceptors (Lipinski definition) is 3. The van der Waals surface area contributed by atoms with Crippen LogP contribution < -0.4 is 15.2 Å². The fraction of sp³-hybridized carbons (Fsp3) is 0.400. The lowest BCUT2D eigenvalue weighted by Gasteiger charge is -2.23.